The van der Waals surface area contributed by atoms with Gasteiger partial charge in [0.2, 0.25) is 0 Å². The van der Waals surface area contributed by atoms with Crippen molar-refractivity contribution in [2.24, 2.45) is 0 Å². The molecule has 0 fully saturated rings. The SMILES string of the molecule is C=C(C)CCn1cc(CNC)cn1. The average Bonchev–Trinajstić information content (AvgIpc) is 2.50. The lowest BCUT2D eigenvalue weighted by Crippen LogP contribution is -2.04. The molecule has 1 N–H and O–H groups in total. The Morgan fingerprint density at radius 1 is 1.69 bits per heavy atom. The Bertz CT molecular complexity index is 275. The number of rotatable bonds is 5. The van der Waals surface area contributed by atoms with Crippen LogP contribution in [0, 0.1) is 0 Å². The van der Waals surface area contributed by atoms with Crippen molar-refractivity contribution in [2.75, 3.05) is 7.05 Å². The second-order valence-corrected chi connectivity index (χ2v) is 3.35. The normalized spacial score (nSPS) is 10.3. The number of allylic oxidation sites excluding steroid dienone is 1. The highest BCUT2D eigenvalue weighted by Crippen LogP contribution is 2.01. The summed E-state index contributed by atoms with van der Waals surface area (Å²) in [5.41, 5.74) is 2.43. The lowest BCUT2D eigenvalue weighted by atomic mass is 10.2. The van der Waals surface area contributed by atoms with Gasteiger partial charge >= 0.3 is 0 Å². The van der Waals surface area contributed by atoms with E-state index < -0.39 is 0 Å². The summed E-state index contributed by atoms with van der Waals surface area (Å²) in [5, 5.41) is 7.33. The van der Waals surface area contributed by atoms with E-state index in [0.717, 1.165) is 19.5 Å². The average molecular weight is 179 g/mol. The first kappa shape index (κ1) is 9.99. The predicted molar refractivity (Wildman–Crippen MR) is 54.4 cm³/mol. The largest absolute Gasteiger partial charge is 0.316 e. The van der Waals surface area contributed by atoms with Crippen LogP contribution in [0.1, 0.15) is 18.9 Å². The van der Waals surface area contributed by atoms with E-state index in [9.17, 15) is 0 Å². The Morgan fingerprint density at radius 3 is 3.08 bits per heavy atom. The quantitative estimate of drug-likeness (QED) is 0.695. The lowest BCUT2D eigenvalue weighted by Gasteiger charge is -1.99. The minimum absolute atomic E-state index is 0.882. The van der Waals surface area contributed by atoms with E-state index in [2.05, 4.69) is 23.2 Å². The van der Waals surface area contributed by atoms with Gasteiger partial charge in [-0.2, -0.15) is 5.10 Å². The molecule has 0 unspecified atom stereocenters. The van der Waals surface area contributed by atoms with Crippen molar-refractivity contribution in [3.05, 3.63) is 30.1 Å². The van der Waals surface area contributed by atoms with E-state index >= 15 is 0 Å². The Hall–Kier alpha value is -1.09. The number of aryl methyl sites for hydroxylation is 1. The Labute approximate surface area is 79.5 Å². The smallest absolute Gasteiger partial charge is 0.0534 e. The summed E-state index contributed by atoms with van der Waals surface area (Å²) in [4.78, 5) is 0. The van der Waals surface area contributed by atoms with Crippen LogP contribution in [0.5, 0.6) is 0 Å². The molecule has 1 aromatic heterocycles. The summed E-state index contributed by atoms with van der Waals surface area (Å²) < 4.78 is 1.96. The highest BCUT2D eigenvalue weighted by Gasteiger charge is 1.96. The van der Waals surface area contributed by atoms with E-state index in [1.54, 1.807) is 0 Å². The molecule has 0 radical (unpaired) electrons. The molecule has 0 aliphatic carbocycles. The molecule has 13 heavy (non-hydrogen) atoms. The van der Waals surface area contributed by atoms with Crippen molar-refractivity contribution in [1.82, 2.24) is 15.1 Å². The molecule has 3 heteroatoms. The van der Waals surface area contributed by atoms with E-state index in [-0.39, 0.29) is 0 Å². The van der Waals surface area contributed by atoms with E-state index in [0.29, 0.717) is 0 Å². The molecule has 0 aromatic carbocycles. The van der Waals surface area contributed by atoms with Gasteiger partial charge in [0.25, 0.3) is 0 Å². The number of aromatic nitrogens is 2. The van der Waals surface area contributed by atoms with Crippen LogP contribution in [0.15, 0.2) is 24.5 Å². The first-order valence-electron chi connectivity index (χ1n) is 4.52. The van der Waals surface area contributed by atoms with Crippen LogP contribution in [0.2, 0.25) is 0 Å². The van der Waals surface area contributed by atoms with Gasteiger partial charge in [0, 0.05) is 24.8 Å². The monoisotopic (exact) mass is 179 g/mol. The highest BCUT2D eigenvalue weighted by atomic mass is 15.3. The van der Waals surface area contributed by atoms with Gasteiger partial charge in [0.15, 0.2) is 0 Å². The van der Waals surface area contributed by atoms with Gasteiger partial charge in [0.1, 0.15) is 0 Å². The summed E-state index contributed by atoms with van der Waals surface area (Å²) in [6.45, 7) is 7.71. The lowest BCUT2D eigenvalue weighted by molar-refractivity contribution is 0.612. The van der Waals surface area contributed by atoms with Crippen LogP contribution in [-0.2, 0) is 13.1 Å². The highest BCUT2D eigenvalue weighted by molar-refractivity contribution is 5.03. The number of hydrogen-bond donors (Lipinski definition) is 1. The molecular weight excluding hydrogens is 162 g/mol. The standard InChI is InChI=1S/C10H17N3/c1-9(2)4-5-13-8-10(6-11-3)7-12-13/h7-8,11H,1,4-6H2,2-3H3. The van der Waals surface area contributed by atoms with Crippen LogP contribution in [0.4, 0.5) is 0 Å². The Kier molecular flexibility index (Phi) is 3.71. The van der Waals surface area contributed by atoms with Gasteiger partial charge in [-0.1, -0.05) is 5.57 Å². The zero-order chi connectivity index (χ0) is 9.68. The molecule has 0 aliphatic heterocycles. The van der Waals surface area contributed by atoms with Crippen molar-refractivity contribution < 1.29 is 0 Å². The van der Waals surface area contributed by atoms with E-state index in [1.165, 1.54) is 11.1 Å². The maximum absolute atomic E-state index is 4.24. The minimum Gasteiger partial charge on any atom is -0.316 e. The fraction of sp³-hybridized carbons (Fsp3) is 0.500. The Balaban J connectivity index is 2.44. The summed E-state index contributed by atoms with van der Waals surface area (Å²) in [5.74, 6) is 0. The van der Waals surface area contributed by atoms with Crippen LogP contribution < -0.4 is 5.32 Å². The van der Waals surface area contributed by atoms with Gasteiger partial charge in [-0.15, -0.1) is 6.58 Å². The molecule has 0 aliphatic rings. The van der Waals surface area contributed by atoms with Crippen molar-refractivity contribution in [1.29, 1.82) is 0 Å². The topological polar surface area (TPSA) is 29.9 Å². The third-order valence-electron chi connectivity index (χ3n) is 1.84. The summed E-state index contributed by atoms with van der Waals surface area (Å²) in [6.07, 6.45) is 4.97. The molecule has 0 atom stereocenters. The zero-order valence-corrected chi connectivity index (χ0v) is 8.38. The molecule has 72 valence electrons. The number of nitrogens with zero attached hydrogens (tertiary/aromatic N) is 2. The molecule has 0 bridgehead atoms. The van der Waals surface area contributed by atoms with Crippen molar-refractivity contribution >= 4 is 0 Å². The summed E-state index contributed by atoms with van der Waals surface area (Å²) in [7, 11) is 1.94. The second-order valence-electron chi connectivity index (χ2n) is 3.35. The van der Waals surface area contributed by atoms with Crippen molar-refractivity contribution in [2.45, 2.75) is 26.4 Å². The first-order valence-corrected chi connectivity index (χ1v) is 4.52. The Morgan fingerprint density at radius 2 is 2.46 bits per heavy atom. The maximum atomic E-state index is 4.24. The second kappa shape index (κ2) is 4.82. The molecule has 1 heterocycles. The van der Waals surface area contributed by atoms with Crippen molar-refractivity contribution in [3.63, 3.8) is 0 Å². The zero-order valence-electron chi connectivity index (χ0n) is 8.38. The third-order valence-corrected chi connectivity index (χ3v) is 1.84. The predicted octanol–water partition coefficient (Wildman–Crippen LogP) is 1.57. The molecule has 1 rings (SSSR count). The fourth-order valence-electron chi connectivity index (χ4n) is 1.13. The minimum atomic E-state index is 0.882. The van der Waals surface area contributed by atoms with E-state index in [1.807, 2.05) is 24.9 Å². The molecule has 3 nitrogen and oxygen atoms in total. The van der Waals surface area contributed by atoms with E-state index in [4.69, 9.17) is 0 Å². The summed E-state index contributed by atoms with van der Waals surface area (Å²) in [6, 6.07) is 0. The van der Waals surface area contributed by atoms with Crippen LogP contribution in [-0.4, -0.2) is 16.8 Å². The molecule has 0 amide bonds. The summed E-state index contributed by atoms with van der Waals surface area (Å²) >= 11 is 0. The third kappa shape index (κ3) is 3.42. The molecule has 1 aromatic rings. The van der Waals surface area contributed by atoms with Gasteiger partial charge < -0.3 is 5.32 Å². The maximum Gasteiger partial charge on any atom is 0.0534 e. The number of nitrogens with one attached hydrogen (secondary N) is 1. The molecule has 0 saturated carbocycles. The number of hydrogen-bond acceptors (Lipinski definition) is 2. The van der Waals surface area contributed by atoms with Gasteiger partial charge in [0.05, 0.1) is 6.20 Å². The van der Waals surface area contributed by atoms with Crippen LogP contribution in [0.3, 0.4) is 0 Å². The van der Waals surface area contributed by atoms with Crippen molar-refractivity contribution in [3.8, 4) is 0 Å². The first-order chi connectivity index (χ1) is 6.22. The van der Waals surface area contributed by atoms with Gasteiger partial charge in [-0.25, -0.2) is 0 Å². The molecule has 0 saturated heterocycles. The van der Waals surface area contributed by atoms with Crippen LogP contribution in [0.25, 0.3) is 0 Å². The fourth-order valence-corrected chi connectivity index (χ4v) is 1.13. The van der Waals surface area contributed by atoms with Crippen LogP contribution >= 0.6 is 0 Å². The van der Waals surface area contributed by atoms with Gasteiger partial charge in [-0.3, -0.25) is 4.68 Å². The molecule has 0 spiro atoms. The molecular formula is C10H17N3. The van der Waals surface area contributed by atoms with Gasteiger partial charge in [-0.05, 0) is 20.4 Å².